The van der Waals surface area contributed by atoms with Crippen molar-refractivity contribution in [2.45, 2.75) is 12.8 Å². The lowest BCUT2D eigenvalue weighted by atomic mass is 10.3. The molecule has 2 heterocycles. The molecular formula is C10H14F2N8O. The molecule has 11 heteroatoms. The number of nitrogens with zero attached hydrogens (tertiary/aromatic N) is 6. The van der Waals surface area contributed by atoms with Crippen LogP contribution in [0.15, 0.2) is 12.7 Å². The Hall–Kier alpha value is -2.43. The average Bonchev–Trinajstić information content (AvgIpc) is 3.00. The van der Waals surface area contributed by atoms with Crippen LogP contribution < -0.4 is 10.6 Å². The lowest BCUT2D eigenvalue weighted by molar-refractivity contribution is -0.0374. The summed E-state index contributed by atoms with van der Waals surface area (Å²) in [5, 5.41) is 17.6. The summed E-state index contributed by atoms with van der Waals surface area (Å²) < 4.78 is 27.3. The highest BCUT2D eigenvalue weighted by Gasteiger charge is 2.27. The van der Waals surface area contributed by atoms with Gasteiger partial charge in [0.25, 0.3) is 11.9 Å². The van der Waals surface area contributed by atoms with Crippen molar-refractivity contribution in [1.82, 2.24) is 29.7 Å². The van der Waals surface area contributed by atoms with Crippen molar-refractivity contribution in [3.63, 3.8) is 0 Å². The molecule has 2 aromatic rings. The Labute approximate surface area is 118 Å². The summed E-state index contributed by atoms with van der Waals surface area (Å²) in [5.74, 6) is -2.97. The first-order chi connectivity index (χ1) is 10.0. The Bertz CT molecular complexity index is 576. The highest BCUT2D eigenvalue weighted by Crippen LogP contribution is 2.14. The van der Waals surface area contributed by atoms with Crippen molar-refractivity contribution < 1.29 is 13.9 Å². The second-order valence-electron chi connectivity index (χ2n) is 4.02. The zero-order valence-electron chi connectivity index (χ0n) is 11.2. The van der Waals surface area contributed by atoms with Gasteiger partial charge in [0.05, 0.1) is 6.54 Å². The Morgan fingerprint density at radius 3 is 2.52 bits per heavy atom. The molecule has 21 heavy (non-hydrogen) atoms. The van der Waals surface area contributed by atoms with Crippen LogP contribution in [-0.4, -0.2) is 60.4 Å². The van der Waals surface area contributed by atoms with E-state index in [1.54, 1.807) is 0 Å². The molecule has 0 amide bonds. The maximum atomic E-state index is 13.0. The molecule has 0 aromatic carbocycles. The molecule has 0 fully saturated rings. The van der Waals surface area contributed by atoms with E-state index in [0.29, 0.717) is 6.54 Å². The van der Waals surface area contributed by atoms with Crippen LogP contribution >= 0.6 is 0 Å². The Kier molecular flexibility index (Phi) is 4.52. The summed E-state index contributed by atoms with van der Waals surface area (Å²) in [6.07, 6.45) is 2.67. The topological polar surface area (TPSA) is 114 Å². The maximum Gasteiger partial charge on any atom is 0.287 e. The minimum absolute atomic E-state index is 0.0559. The number of aliphatic hydroxyl groups is 1. The molecule has 114 valence electrons. The van der Waals surface area contributed by atoms with E-state index < -0.39 is 19.1 Å². The lowest BCUT2D eigenvalue weighted by Crippen LogP contribution is -2.31. The van der Waals surface area contributed by atoms with Gasteiger partial charge in [0.2, 0.25) is 11.9 Å². The molecule has 0 aliphatic heterocycles. The molecule has 9 nitrogen and oxygen atoms in total. The first-order valence-electron chi connectivity index (χ1n) is 6.11. The van der Waals surface area contributed by atoms with Gasteiger partial charge < -0.3 is 15.7 Å². The van der Waals surface area contributed by atoms with E-state index in [4.69, 9.17) is 5.11 Å². The van der Waals surface area contributed by atoms with Gasteiger partial charge in [-0.1, -0.05) is 0 Å². The van der Waals surface area contributed by atoms with Crippen molar-refractivity contribution in [2.24, 2.45) is 0 Å². The van der Waals surface area contributed by atoms with E-state index in [-0.39, 0.29) is 17.8 Å². The van der Waals surface area contributed by atoms with Crippen molar-refractivity contribution in [3.8, 4) is 5.95 Å². The fourth-order valence-corrected chi connectivity index (χ4v) is 1.36. The maximum absolute atomic E-state index is 13.0. The largest absolute Gasteiger partial charge is 0.390 e. The minimum atomic E-state index is -3.27. The molecule has 0 aliphatic rings. The zero-order chi connectivity index (χ0) is 15.3. The average molecular weight is 300 g/mol. The van der Waals surface area contributed by atoms with E-state index in [2.05, 4.69) is 35.7 Å². The molecule has 2 aromatic heterocycles. The van der Waals surface area contributed by atoms with Crippen LogP contribution in [0.1, 0.15) is 6.92 Å². The van der Waals surface area contributed by atoms with E-state index >= 15 is 0 Å². The van der Waals surface area contributed by atoms with Crippen molar-refractivity contribution in [1.29, 1.82) is 0 Å². The first-order valence-corrected chi connectivity index (χ1v) is 6.11. The summed E-state index contributed by atoms with van der Waals surface area (Å²) in [6.45, 7) is 0.329. The van der Waals surface area contributed by atoms with Crippen molar-refractivity contribution in [2.75, 3.05) is 30.3 Å². The van der Waals surface area contributed by atoms with Gasteiger partial charge in [-0.2, -0.15) is 24.7 Å². The Morgan fingerprint density at radius 1 is 1.24 bits per heavy atom. The van der Waals surface area contributed by atoms with E-state index in [1.165, 1.54) is 17.3 Å². The van der Waals surface area contributed by atoms with Gasteiger partial charge in [-0.3, -0.25) is 0 Å². The molecule has 0 bridgehead atoms. The normalized spacial score (nSPS) is 11.4. The Morgan fingerprint density at radius 2 is 1.95 bits per heavy atom. The monoisotopic (exact) mass is 300 g/mol. The van der Waals surface area contributed by atoms with Gasteiger partial charge in [0.15, 0.2) is 0 Å². The minimum Gasteiger partial charge on any atom is -0.390 e. The first kappa shape index (κ1) is 15.0. The fourth-order valence-electron chi connectivity index (χ4n) is 1.36. The van der Waals surface area contributed by atoms with Gasteiger partial charge in [-0.05, 0) is 6.92 Å². The van der Waals surface area contributed by atoms with Crippen LogP contribution in [0.4, 0.5) is 20.7 Å². The van der Waals surface area contributed by atoms with Crippen LogP contribution in [-0.2, 0) is 0 Å². The summed E-state index contributed by atoms with van der Waals surface area (Å²) >= 11 is 0. The lowest BCUT2D eigenvalue weighted by Gasteiger charge is -2.14. The van der Waals surface area contributed by atoms with Gasteiger partial charge in [-0.15, -0.1) is 0 Å². The molecule has 0 spiro atoms. The van der Waals surface area contributed by atoms with Crippen molar-refractivity contribution >= 4 is 11.9 Å². The SMILES string of the molecule is CCNc1nc(NCC(F)(F)CO)nc(-n2cncn2)n1. The predicted octanol–water partition coefficient (Wildman–Crippen LogP) is -0.0764. The molecule has 2 rings (SSSR count). The molecular weight excluding hydrogens is 286 g/mol. The van der Waals surface area contributed by atoms with Crippen LogP contribution in [0.5, 0.6) is 0 Å². The number of rotatable bonds is 7. The summed E-state index contributed by atoms with van der Waals surface area (Å²) in [4.78, 5) is 15.8. The molecule has 0 radical (unpaired) electrons. The molecule has 0 unspecified atom stereocenters. The fraction of sp³-hybridized carbons (Fsp3) is 0.500. The zero-order valence-corrected chi connectivity index (χ0v) is 11.2. The van der Waals surface area contributed by atoms with Crippen LogP contribution in [0.25, 0.3) is 5.95 Å². The highest BCUT2D eigenvalue weighted by molar-refractivity contribution is 5.37. The number of nitrogens with one attached hydrogen (secondary N) is 2. The second kappa shape index (κ2) is 6.35. The number of halogens is 2. The number of hydrogen-bond acceptors (Lipinski definition) is 8. The van der Waals surface area contributed by atoms with Gasteiger partial charge in [0.1, 0.15) is 19.3 Å². The van der Waals surface area contributed by atoms with Crippen LogP contribution in [0, 0.1) is 0 Å². The number of aliphatic hydroxyl groups excluding tert-OH is 1. The number of alkyl halides is 2. The van der Waals surface area contributed by atoms with E-state index in [9.17, 15) is 8.78 Å². The second-order valence-corrected chi connectivity index (χ2v) is 4.02. The van der Waals surface area contributed by atoms with Gasteiger partial charge >= 0.3 is 0 Å². The van der Waals surface area contributed by atoms with E-state index in [0.717, 1.165) is 0 Å². The Balaban J connectivity index is 2.24. The molecule has 0 aliphatic carbocycles. The number of hydrogen-bond donors (Lipinski definition) is 3. The van der Waals surface area contributed by atoms with Gasteiger partial charge in [-0.25, -0.2) is 13.8 Å². The summed E-state index contributed by atoms with van der Waals surface area (Å²) in [6, 6.07) is 0. The quantitative estimate of drug-likeness (QED) is 0.651. The van der Waals surface area contributed by atoms with E-state index in [1.807, 2.05) is 6.92 Å². The number of anilines is 2. The smallest absolute Gasteiger partial charge is 0.287 e. The van der Waals surface area contributed by atoms with Crippen LogP contribution in [0.2, 0.25) is 0 Å². The number of aromatic nitrogens is 6. The van der Waals surface area contributed by atoms with Crippen molar-refractivity contribution in [3.05, 3.63) is 12.7 Å². The molecule has 0 saturated carbocycles. The standard InChI is InChI=1S/C10H14F2N8O/c1-2-14-7-17-8(15-3-10(11,12)4-21)19-9(18-7)20-6-13-5-16-20/h5-6,21H,2-4H2,1H3,(H2,14,15,17,18,19). The highest BCUT2D eigenvalue weighted by atomic mass is 19.3. The van der Waals surface area contributed by atoms with Crippen LogP contribution in [0.3, 0.4) is 0 Å². The molecule has 3 N–H and O–H groups in total. The summed E-state index contributed by atoms with van der Waals surface area (Å²) in [5.41, 5.74) is 0. The predicted molar refractivity (Wildman–Crippen MR) is 69.4 cm³/mol. The third-order valence-corrected chi connectivity index (χ3v) is 2.32. The molecule has 0 atom stereocenters. The third kappa shape index (κ3) is 4.02. The summed E-state index contributed by atoms with van der Waals surface area (Å²) in [7, 11) is 0. The third-order valence-electron chi connectivity index (χ3n) is 2.32. The molecule has 0 saturated heterocycles. The van der Waals surface area contributed by atoms with Gasteiger partial charge in [0, 0.05) is 6.54 Å².